The normalized spacial score (nSPS) is 18.2. The molecule has 4 nitrogen and oxygen atoms in total. The predicted octanol–water partition coefficient (Wildman–Crippen LogP) is 3.56. The van der Waals surface area contributed by atoms with Crippen LogP contribution in [0, 0.1) is 0 Å². The SMILES string of the molecule is O=C(O)/C=C/c1ccc([C@@H]2CCCN2CCc2ccccn2)cc1. The number of hydrogen-bond acceptors (Lipinski definition) is 3. The van der Waals surface area contributed by atoms with Crippen LogP contribution in [-0.2, 0) is 11.2 Å². The van der Waals surface area contributed by atoms with Crippen LogP contribution >= 0.6 is 0 Å². The molecule has 1 aliphatic heterocycles. The quantitative estimate of drug-likeness (QED) is 0.826. The van der Waals surface area contributed by atoms with E-state index in [0.29, 0.717) is 6.04 Å². The Morgan fingerprint density at radius 2 is 2.08 bits per heavy atom. The lowest BCUT2D eigenvalue weighted by Gasteiger charge is -2.24. The first-order valence-electron chi connectivity index (χ1n) is 8.37. The van der Waals surface area contributed by atoms with Gasteiger partial charge in [-0.05, 0) is 48.7 Å². The van der Waals surface area contributed by atoms with E-state index in [0.717, 1.165) is 30.8 Å². The van der Waals surface area contributed by atoms with Crippen molar-refractivity contribution < 1.29 is 9.90 Å². The van der Waals surface area contributed by atoms with E-state index in [-0.39, 0.29) is 0 Å². The second-order valence-corrected chi connectivity index (χ2v) is 6.10. The summed E-state index contributed by atoms with van der Waals surface area (Å²) in [6, 6.07) is 14.7. The molecular weight excluding hydrogens is 300 g/mol. The van der Waals surface area contributed by atoms with Gasteiger partial charge in [0.15, 0.2) is 0 Å². The van der Waals surface area contributed by atoms with Crippen molar-refractivity contribution in [3.63, 3.8) is 0 Å². The molecule has 2 aromatic rings. The molecule has 0 radical (unpaired) electrons. The highest BCUT2D eigenvalue weighted by Gasteiger charge is 2.25. The van der Waals surface area contributed by atoms with Crippen molar-refractivity contribution in [3.8, 4) is 0 Å². The van der Waals surface area contributed by atoms with Crippen molar-refractivity contribution in [2.24, 2.45) is 0 Å². The zero-order chi connectivity index (χ0) is 16.8. The zero-order valence-electron chi connectivity index (χ0n) is 13.6. The second kappa shape index (κ2) is 7.88. The fourth-order valence-electron chi connectivity index (χ4n) is 3.27. The number of carbonyl (C=O) groups is 1. The maximum Gasteiger partial charge on any atom is 0.328 e. The lowest BCUT2D eigenvalue weighted by Crippen LogP contribution is -2.25. The summed E-state index contributed by atoms with van der Waals surface area (Å²) < 4.78 is 0. The van der Waals surface area contributed by atoms with E-state index in [1.807, 2.05) is 30.5 Å². The summed E-state index contributed by atoms with van der Waals surface area (Å²) in [6.07, 6.45) is 8.00. The van der Waals surface area contributed by atoms with E-state index in [9.17, 15) is 4.79 Å². The number of aromatic nitrogens is 1. The van der Waals surface area contributed by atoms with Crippen LogP contribution in [0.1, 0.15) is 35.7 Å². The highest BCUT2D eigenvalue weighted by molar-refractivity contribution is 5.85. The summed E-state index contributed by atoms with van der Waals surface area (Å²) in [6.45, 7) is 2.14. The first kappa shape index (κ1) is 16.4. The Morgan fingerprint density at radius 3 is 2.79 bits per heavy atom. The third-order valence-corrected chi connectivity index (χ3v) is 4.48. The van der Waals surface area contributed by atoms with E-state index >= 15 is 0 Å². The summed E-state index contributed by atoms with van der Waals surface area (Å²) in [5.74, 6) is -0.921. The molecule has 0 unspecified atom stereocenters. The maximum atomic E-state index is 10.6. The van der Waals surface area contributed by atoms with Crippen LogP contribution in [0.25, 0.3) is 6.08 Å². The Kier molecular flexibility index (Phi) is 5.39. The van der Waals surface area contributed by atoms with Crippen LogP contribution < -0.4 is 0 Å². The summed E-state index contributed by atoms with van der Waals surface area (Å²) in [5, 5.41) is 8.69. The first-order chi connectivity index (χ1) is 11.7. The lowest BCUT2D eigenvalue weighted by atomic mass is 10.0. The van der Waals surface area contributed by atoms with Crippen molar-refractivity contribution in [1.82, 2.24) is 9.88 Å². The molecule has 24 heavy (non-hydrogen) atoms. The molecule has 1 aromatic carbocycles. The Morgan fingerprint density at radius 1 is 1.25 bits per heavy atom. The Labute approximate surface area is 142 Å². The van der Waals surface area contributed by atoms with Crippen LogP contribution in [0.2, 0.25) is 0 Å². The number of likely N-dealkylation sites (tertiary alicyclic amines) is 1. The first-order valence-corrected chi connectivity index (χ1v) is 8.37. The highest BCUT2D eigenvalue weighted by atomic mass is 16.4. The summed E-state index contributed by atoms with van der Waals surface area (Å²) in [5.41, 5.74) is 3.36. The molecule has 4 heteroatoms. The molecule has 0 aliphatic carbocycles. The van der Waals surface area contributed by atoms with Gasteiger partial charge in [0.2, 0.25) is 0 Å². The van der Waals surface area contributed by atoms with E-state index in [4.69, 9.17) is 5.11 Å². The van der Waals surface area contributed by atoms with E-state index < -0.39 is 5.97 Å². The topological polar surface area (TPSA) is 53.4 Å². The number of hydrogen-bond donors (Lipinski definition) is 1. The van der Waals surface area contributed by atoms with Gasteiger partial charge in [-0.1, -0.05) is 30.3 Å². The Bertz CT molecular complexity index is 695. The van der Waals surface area contributed by atoms with Gasteiger partial charge in [-0.25, -0.2) is 4.79 Å². The Hall–Kier alpha value is -2.46. The van der Waals surface area contributed by atoms with E-state index in [1.165, 1.54) is 24.5 Å². The predicted molar refractivity (Wildman–Crippen MR) is 94.6 cm³/mol. The minimum Gasteiger partial charge on any atom is -0.478 e. The van der Waals surface area contributed by atoms with Crippen molar-refractivity contribution in [2.75, 3.05) is 13.1 Å². The third-order valence-electron chi connectivity index (χ3n) is 4.48. The van der Waals surface area contributed by atoms with Gasteiger partial charge >= 0.3 is 5.97 Å². The van der Waals surface area contributed by atoms with Crippen LogP contribution in [-0.4, -0.2) is 34.0 Å². The van der Waals surface area contributed by atoms with Gasteiger partial charge in [-0.2, -0.15) is 0 Å². The molecule has 1 fully saturated rings. The number of aliphatic carboxylic acids is 1. The molecule has 0 amide bonds. The molecule has 0 saturated carbocycles. The number of nitrogens with zero attached hydrogens (tertiary/aromatic N) is 2. The highest BCUT2D eigenvalue weighted by Crippen LogP contribution is 2.32. The number of benzene rings is 1. The molecular formula is C20H22N2O2. The Balaban J connectivity index is 1.63. The molecule has 0 bridgehead atoms. The van der Waals surface area contributed by atoms with Crippen molar-refractivity contribution >= 4 is 12.0 Å². The van der Waals surface area contributed by atoms with Crippen molar-refractivity contribution in [1.29, 1.82) is 0 Å². The molecule has 2 heterocycles. The number of pyridine rings is 1. The van der Waals surface area contributed by atoms with Gasteiger partial charge in [-0.15, -0.1) is 0 Å². The van der Waals surface area contributed by atoms with Gasteiger partial charge in [0.1, 0.15) is 0 Å². The largest absolute Gasteiger partial charge is 0.478 e. The molecule has 0 spiro atoms. The molecule has 1 aliphatic rings. The number of carboxylic acids is 1. The fourth-order valence-corrected chi connectivity index (χ4v) is 3.27. The summed E-state index contributed by atoms with van der Waals surface area (Å²) in [4.78, 5) is 17.5. The molecule has 1 aromatic heterocycles. The van der Waals surface area contributed by atoms with Crippen molar-refractivity contribution in [2.45, 2.75) is 25.3 Å². The van der Waals surface area contributed by atoms with Gasteiger partial charge in [0.05, 0.1) is 0 Å². The van der Waals surface area contributed by atoms with Gasteiger partial charge in [0, 0.05) is 37.0 Å². The molecule has 124 valence electrons. The summed E-state index contributed by atoms with van der Waals surface area (Å²) >= 11 is 0. The third kappa shape index (κ3) is 4.30. The average molecular weight is 322 g/mol. The molecule has 1 saturated heterocycles. The number of carboxylic acid groups (broad SMARTS) is 1. The van der Waals surface area contributed by atoms with Gasteiger partial charge in [0.25, 0.3) is 0 Å². The fraction of sp³-hybridized carbons (Fsp3) is 0.300. The average Bonchev–Trinajstić information content (AvgIpc) is 3.08. The van der Waals surface area contributed by atoms with Gasteiger partial charge < -0.3 is 5.11 Å². The van der Waals surface area contributed by atoms with Gasteiger partial charge in [-0.3, -0.25) is 9.88 Å². The van der Waals surface area contributed by atoms with E-state index in [1.54, 1.807) is 6.08 Å². The minimum absolute atomic E-state index is 0.450. The summed E-state index contributed by atoms with van der Waals surface area (Å²) in [7, 11) is 0. The van der Waals surface area contributed by atoms with E-state index in [2.05, 4.69) is 28.1 Å². The van der Waals surface area contributed by atoms with Crippen molar-refractivity contribution in [3.05, 3.63) is 71.6 Å². The second-order valence-electron chi connectivity index (χ2n) is 6.10. The smallest absolute Gasteiger partial charge is 0.328 e. The molecule has 3 rings (SSSR count). The number of rotatable bonds is 6. The lowest BCUT2D eigenvalue weighted by molar-refractivity contribution is -0.131. The maximum absolute atomic E-state index is 10.6. The van der Waals surface area contributed by atoms with Crippen LogP contribution in [0.15, 0.2) is 54.7 Å². The molecule has 1 atom stereocenters. The zero-order valence-corrected chi connectivity index (χ0v) is 13.6. The monoisotopic (exact) mass is 322 g/mol. The van der Waals surface area contributed by atoms with Crippen LogP contribution in [0.5, 0.6) is 0 Å². The molecule has 1 N–H and O–H groups in total. The standard InChI is InChI=1S/C20H22N2O2/c23-20(24)11-8-16-6-9-17(10-7-16)19-5-3-14-22(19)15-12-18-4-1-2-13-21-18/h1-2,4,6-11,13,19H,3,5,12,14-15H2,(H,23,24)/b11-8+/t19-/m0/s1. The minimum atomic E-state index is -0.921. The van der Waals surface area contributed by atoms with Crippen LogP contribution in [0.4, 0.5) is 0 Å². The van der Waals surface area contributed by atoms with Crippen LogP contribution in [0.3, 0.4) is 0 Å².